The largest absolute Gasteiger partial charge is 0.493 e. The molecule has 2 aromatic rings. The molecule has 1 aliphatic carbocycles. The van der Waals surface area contributed by atoms with E-state index in [9.17, 15) is 9.59 Å². The second kappa shape index (κ2) is 11.4. The van der Waals surface area contributed by atoms with E-state index >= 15 is 0 Å². The molecule has 0 unspecified atom stereocenters. The molecule has 37 heavy (non-hydrogen) atoms. The van der Waals surface area contributed by atoms with Crippen molar-refractivity contribution in [3.63, 3.8) is 0 Å². The zero-order chi connectivity index (χ0) is 26.5. The molecule has 196 valence electrons. The lowest BCUT2D eigenvalue weighted by molar-refractivity contribution is -0.141. The molecular weight excluding hydrogens is 476 g/mol. The second-order valence-electron chi connectivity index (χ2n) is 8.96. The Bertz CT molecular complexity index is 1240. The molecule has 0 saturated heterocycles. The molecule has 2 aromatic carbocycles. The van der Waals surface area contributed by atoms with Crippen LogP contribution in [0, 0.1) is 5.92 Å². The number of ether oxygens (including phenoxy) is 4. The van der Waals surface area contributed by atoms with Crippen LogP contribution in [0.15, 0.2) is 47.1 Å². The number of hydrogen-bond donors (Lipinski definition) is 1. The summed E-state index contributed by atoms with van der Waals surface area (Å²) in [4.78, 5) is 24.4. The first-order valence-electron chi connectivity index (χ1n) is 12.2. The molecule has 0 aromatic heterocycles. The molecule has 9 nitrogen and oxygen atoms in total. The van der Waals surface area contributed by atoms with Crippen LogP contribution in [0.4, 0.5) is 0 Å². The van der Waals surface area contributed by atoms with Crippen molar-refractivity contribution in [2.45, 2.75) is 38.1 Å². The Morgan fingerprint density at radius 3 is 2.24 bits per heavy atom. The lowest BCUT2D eigenvalue weighted by Crippen LogP contribution is -2.32. The van der Waals surface area contributed by atoms with Crippen molar-refractivity contribution in [2.24, 2.45) is 11.0 Å². The van der Waals surface area contributed by atoms with Crippen LogP contribution in [0.3, 0.4) is 0 Å². The number of rotatable bonds is 9. The van der Waals surface area contributed by atoms with Crippen LogP contribution in [-0.4, -0.2) is 56.1 Å². The summed E-state index contributed by atoms with van der Waals surface area (Å²) in [6.07, 6.45) is 4.30. The Kier molecular flexibility index (Phi) is 8.01. The van der Waals surface area contributed by atoms with Gasteiger partial charge in [-0.3, -0.25) is 9.59 Å². The number of hydrazone groups is 1. The van der Waals surface area contributed by atoms with Crippen molar-refractivity contribution in [3.05, 3.63) is 53.1 Å². The van der Waals surface area contributed by atoms with Crippen molar-refractivity contribution >= 4 is 23.7 Å². The summed E-state index contributed by atoms with van der Waals surface area (Å²) in [5.74, 6) is 1.05. The van der Waals surface area contributed by atoms with Gasteiger partial charge in [0.05, 0.1) is 46.6 Å². The minimum absolute atomic E-state index is 0.0352. The first-order valence-corrected chi connectivity index (χ1v) is 12.2. The van der Waals surface area contributed by atoms with Gasteiger partial charge in [0, 0.05) is 12.3 Å². The number of fused-ring (bicyclic) bond motifs is 1. The van der Waals surface area contributed by atoms with Crippen LogP contribution < -0.4 is 18.9 Å². The Hall–Kier alpha value is -4.01. The number of hydrogen-bond acceptors (Lipinski definition) is 7. The van der Waals surface area contributed by atoms with Crippen LogP contribution in [0.2, 0.25) is 0 Å². The predicted molar refractivity (Wildman–Crippen MR) is 138 cm³/mol. The molecule has 4 rings (SSSR count). The van der Waals surface area contributed by atoms with Crippen LogP contribution in [0.1, 0.15) is 49.3 Å². The maximum atomic E-state index is 13.2. The van der Waals surface area contributed by atoms with Gasteiger partial charge in [0.25, 0.3) is 0 Å². The third-order valence-corrected chi connectivity index (χ3v) is 6.81. The topological polar surface area (TPSA) is 107 Å². The highest BCUT2D eigenvalue weighted by molar-refractivity contribution is 6.08. The maximum Gasteiger partial charge on any atom is 0.303 e. The molecule has 1 heterocycles. The highest BCUT2D eigenvalue weighted by Crippen LogP contribution is 2.46. The van der Waals surface area contributed by atoms with E-state index in [2.05, 4.69) is 6.08 Å². The number of carbonyl (C=O) groups excluding carboxylic acids is 1. The van der Waals surface area contributed by atoms with Crippen molar-refractivity contribution < 1.29 is 33.6 Å². The summed E-state index contributed by atoms with van der Waals surface area (Å²) in [7, 11) is 6.33. The highest BCUT2D eigenvalue weighted by atomic mass is 16.5. The van der Waals surface area contributed by atoms with Gasteiger partial charge in [-0.1, -0.05) is 12.1 Å². The minimum atomic E-state index is -1.02. The third kappa shape index (κ3) is 5.40. The van der Waals surface area contributed by atoms with Crippen molar-refractivity contribution in [3.8, 4) is 23.0 Å². The Morgan fingerprint density at radius 1 is 0.946 bits per heavy atom. The lowest BCUT2D eigenvalue weighted by atomic mass is 9.77. The maximum absolute atomic E-state index is 13.2. The Morgan fingerprint density at radius 2 is 1.59 bits per heavy atom. The zero-order valence-corrected chi connectivity index (χ0v) is 21.5. The number of aliphatic carboxylic acids is 1. The van der Waals surface area contributed by atoms with Gasteiger partial charge in [-0.15, -0.1) is 0 Å². The van der Waals surface area contributed by atoms with Crippen molar-refractivity contribution in [2.75, 3.05) is 28.4 Å². The molecule has 0 spiro atoms. The second-order valence-corrected chi connectivity index (χ2v) is 8.96. The molecule has 9 heteroatoms. The van der Waals surface area contributed by atoms with Gasteiger partial charge < -0.3 is 24.1 Å². The normalized spacial score (nSPS) is 19.7. The monoisotopic (exact) mass is 508 g/mol. The van der Waals surface area contributed by atoms with Gasteiger partial charge >= 0.3 is 5.97 Å². The van der Waals surface area contributed by atoms with E-state index in [0.29, 0.717) is 23.0 Å². The smallest absolute Gasteiger partial charge is 0.303 e. The van der Waals surface area contributed by atoms with E-state index in [-0.39, 0.29) is 30.7 Å². The average molecular weight is 509 g/mol. The number of allylic oxidation sites excluding steroid dienone is 1. The van der Waals surface area contributed by atoms with Crippen LogP contribution in [-0.2, 0) is 9.59 Å². The van der Waals surface area contributed by atoms with E-state index in [4.69, 9.17) is 29.2 Å². The van der Waals surface area contributed by atoms with Gasteiger partial charge in [-0.05, 0) is 66.3 Å². The number of nitrogens with zero attached hydrogens (tertiary/aromatic N) is 2. The van der Waals surface area contributed by atoms with Crippen LogP contribution in [0.5, 0.6) is 23.0 Å². The number of amides is 1. The van der Waals surface area contributed by atoms with E-state index in [0.717, 1.165) is 41.7 Å². The van der Waals surface area contributed by atoms with Crippen molar-refractivity contribution in [1.29, 1.82) is 0 Å². The standard InChI is InChI=1S/C28H32N2O7/c1-34-21-10-8-17(15-23(21)36-3)14-18-6-5-7-20-27(18)29-30(25(31)12-13-26(32)33)28(20)19-9-11-22(35-2)24(16-19)37-4/h8-11,14-16,20,28H,5-7,12-13H2,1-4H3,(H,32,33)/b18-14-/t20-,28-/m0/s1. The molecule has 1 saturated carbocycles. The fraction of sp³-hybridized carbons (Fsp3) is 0.393. The quantitative estimate of drug-likeness (QED) is 0.523. The molecule has 0 radical (unpaired) electrons. The minimum Gasteiger partial charge on any atom is -0.493 e. The Labute approximate surface area is 216 Å². The number of carbonyl (C=O) groups is 2. The fourth-order valence-electron chi connectivity index (χ4n) is 5.05. The van der Waals surface area contributed by atoms with E-state index in [1.165, 1.54) is 5.01 Å². The van der Waals surface area contributed by atoms with Gasteiger partial charge in [-0.2, -0.15) is 5.10 Å². The van der Waals surface area contributed by atoms with E-state index < -0.39 is 5.97 Å². The Balaban J connectivity index is 1.74. The van der Waals surface area contributed by atoms with E-state index in [1.54, 1.807) is 28.4 Å². The van der Waals surface area contributed by atoms with Gasteiger partial charge in [0.1, 0.15) is 0 Å². The lowest BCUT2D eigenvalue weighted by Gasteiger charge is -2.30. The molecule has 1 N–H and O–H groups in total. The van der Waals surface area contributed by atoms with Gasteiger partial charge in [-0.25, -0.2) is 5.01 Å². The van der Waals surface area contributed by atoms with Gasteiger partial charge in [0.15, 0.2) is 23.0 Å². The summed E-state index contributed by atoms with van der Waals surface area (Å²) in [6.45, 7) is 0. The number of methoxy groups -OCH3 is 4. The molecule has 1 amide bonds. The number of carboxylic acids is 1. The third-order valence-electron chi connectivity index (χ3n) is 6.81. The highest BCUT2D eigenvalue weighted by Gasteiger charge is 2.43. The molecule has 1 fully saturated rings. The zero-order valence-electron chi connectivity index (χ0n) is 21.5. The fourth-order valence-corrected chi connectivity index (χ4v) is 5.05. The summed E-state index contributed by atoms with van der Waals surface area (Å²) in [5, 5.41) is 15.4. The summed E-state index contributed by atoms with van der Waals surface area (Å²) < 4.78 is 21.7. The van der Waals surface area contributed by atoms with Crippen LogP contribution >= 0.6 is 0 Å². The SMILES string of the molecule is COc1ccc(/C=C2/CCC[C@H]3C2=NN(C(=O)CCC(=O)O)[C@H]3c2ccc(OC)c(OC)c2)cc1OC. The van der Waals surface area contributed by atoms with E-state index in [1.807, 2.05) is 36.4 Å². The molecular formula is C28H32N2O7. The molecule has 2 aliphatic rings. The molecule has 0 bridgehead atoms. The molecule has 1 aliphatic heterocycles. The van der Waals surface area contributed by atoms with Crippen LogP contribution in [0.25, 0.3) is 6.08 Å². The number of benzene rings is 2. The van der Waals surface area contributed by atoms with Gasteiger partial charge in [0.2, 0.25) is 5.91 Å². The van der Waals surface area contributed by atoms with Crippen molar-refractivity contribution in [1.82, 2.24) is 5.01 Å². The summed E-state index contributed by atoms with van der Waals surface area (Å²) >= 11 is 0. The predicted octanol–water partition coefficient (Wildman–Crippen LogP) is 4.71. The molecule has 2 atom stereocenters. The summed E-state index contributed by atoms with van der Waals surface area (Å²) in [6, 6.07) is 10.9. The average Bonchev–Trinajstić information content (AvgIpc) is 3.32. The summed E-state index contributed by atoms with van der Waals surface area (Å²) in [5.41, 5.74) is 3.69. The number of carboxylic acid groups (broad SMARTS) is 1. The first kappa shape index (κ1) is 26.1. The first-order chi connectivity index (χ1) is 17.9.